The van der Waals surface area contributed by atoms with Gasteiger partial charge in [0.2, 0.25) is 17.7 Å². The highest BCUT2D eigenvalue weighted by atomic mass is 32.2. The van der Waals surface area contributed by atoms with Crippen LogP contribution in [0.3, 0.4) is 0 Å². The van der Waals surface area contributed by atoms with E-state index in [2.05, 4.69) is 20.9 Å². The summed E-state index contributed by atoms with van der Waals surface area (Å²) in [7, 11) is 0. The van der Waals surface area contributed by atoms with Crippen molar-refractivity contribution in [2.75, 3.05) is 97.8 Å². The van der Waals surface area contributed by atoms with Crippen LogP contribution in [0, 0.1) is 22.5 Å². The lowest BCUT2D eigenvalue weighted by Gasteiger charge is -2.35. The summed E-state index contributed by atoms with van der Waals surface area (Å²) in [5.41, 5.74) is 5.78. The zero-order valence-electron chi connectivity index (χ0n) is 40.3. The molecule has 2 aliphatic rings. The average molecular weight is 1010 g/mol. The van der Waals surface area contributed by atoms with Gasteiger partial charge in [-0.1, -0.05) is 56.8 Å². The fraction of sp³-hybridized carbons (Fsp3) is 0.510. The van der Waals surface area contributed by atoms with Crippen LogP contribution in [0.15, 0.2) is 76.0 Å². The summed E-state index contributed by atoms with van der Waals surface area (Å²) < 4.78 is 39.1. The van der Waals surface area contributed by atoms with Gasteiger partial charge in [-0.3, -0.25) is 24.5 Å². The van der Waals surface area contributed by atoms with Crippen molar-refractivity contribution >= 4 is 57.9 Å². The number of likely N-dealkylation sites (tertiary alicyclic amines) is 1. The van der Waals surface area contributed by atoms with Gasteiger partial charge in [0.05, 0.1) is 117 Å². The summed E-state index contributed by atoms with van der Waals surface area (Å²) in [6.45, 7) is 13.2. The minimum absolute atomic E-state index is 0.0257. The summed E-state index contributed by atoms with van der Waals surface area (Å²) in [6.07, 6.45) is -0.797. The van der Waals surface area contributed by atoms with E-state index in [9.17, 15) is 29.6 Å². The highest BCUT2D eigenvalue weighted by Gasteiger charge is 2.44. The lowest BCUT2D eigenvalue weighted by molar-refractivity contribution is -0.385. The molecule has 0 saturated carbocycles. The molecule has 380 valence electrons. The molecule has 1 fully saturated rings. The maximum Gasteiger partial charge on any atom is 0.270 e. The number of non-ortho nitro benzene ring substituents is 1. The molecule has 2 aliphatic heterocycles. The fourth-order valence-electron chi connectivity index (χ4n) is 7.56. The summed E-state index contributed by atoms with van der Waals surface area (Å²) in [5, 5.41) is 30.9. The fourth-order valence-corrected chi connectivity index (χ4v) is 9.42. The number of anilines is 2. The monoisotopic (exact) mass is 1010 g/mol. The minimum atomic E-state index is -0.974. The number of amides is 3. The van der Waals surface area contributed by atoms with Gasteiger partial charge in [0.25, 0.3) is 5.69 Å². The number of aromatic nitrogens is 1. The van der Waals surface area contributed by atoms with Gasteiger partial charge in [-0.05, 0) is 54.7 Å². The number of ether oxygens (including phenoxy) is 7. The molecular weight excluding hydrogens is 945 g/mol. The Morgan fingerprint density at radius 2 is 1.40 bits per heavy atom. The third-order valence-electron chi connectivity index (χ3n) is 11.3. The molecule has 6 rings (SSSR count). The van der Waals surface area contributed by atoms with Gasteiger partial charge in [-0.25, -0.2) is 4.98 Å². The third kappa shape index (κ3) is 16.2. The lowest BCUT2D eigenvalue weighted by atomic mass is 9.85. The van der Waals surface area contributed by atoms with Crippen LogP contribution in [0.5, 0.6) is 5.75 Å². The van der Waals surface area contributed by atoms with Crippen LogP contribution in [-0.4, -0.2) is 148 Å². The SMILES string of the molecule is Cc1ncsc1-c1ccc(C(C)NC(=O)[C@@H]2C[C@@H](O)CN2C(=O)C(NC(=O)COCCOCCOCCOCCOCCOCCOc2ccc3c(c2)Sc2cc([N+](=O)[O-])ccc2N3)C(C)(C)C)cc1. The number of fused-ring (bicyclic) bond motifs is 2. The van der Waals surface area contributed by atoms with E-state index in [1.54, 1.807) is 23.5 Å². The first kappa shape index (κ1) is 54.1. The zero-order chi connectivity index (χ0) is 50.0. The Balaban J connectivity index is 0.749. The number of nitro groups is 1. The van der Waals surface area contributed by atoms with Gasteiger partial charge in [0.15, 0.2) is 0 Å². The number of rotatable bonds is 28. The highest BCUT2D eigenvalue weighted by molar-refractivity contribution is 7.99. The van der Waals surface area contributed by atoms with Crippen molar-refractivity contribution in [2.45, 2.75) is 75.1 Å². The summed E-state index contributed by atoms with van der Waals surface area (Å²) in [4.78, 5) is 59.8. The Bertz CT molecular complexity index is 2350. The van der Waals surface area contributed by atoms with Crippen molar-refractivity contribution in [3.05, 3.63) is 87.5 Å². The van der Waals surface area contributed by atoms with Gasteiger partial charge in [-0.15, -0.1) is 11.3 Å². The number of benzene rings is 3. The van der Waals surface area contributed by atoms with Crippen molar-refractivity contribution in [1.82, 2.24) is 20.5 Å². The van der Waals surface area contributed by atoms with E-state index in [0.29, 0.717) is 71.8 Å². The third-order valence-corrected chi connectivity index (χ3v) is 13.4. The van der Waals surface area contributed by atoms with Crippen molar-refractivity contribution in [1.29, 1.82) is 0 Å². The highest BCUT2D eigenvalue weighted by Crippen LogP contribution is 2.46. The molecule has 0 bridgehead atoms. The molecule has 4 aromatic rings. The van der Waals surface area contributed by atoms with E-state index in [1.807, 2.05) is 82.6 Å². The van der Waals surface area contributed by atoms with E-state index in [-0.39, 0.29) is 50.4 Å². The van der Waals surface area contributed by atoms with Crippen LogP contribution in [0.1, 0.15) is 51.4 Å². The Labute approximate surface area is 416 Å². The molecule has 3 amide bonds. The van der Waals surface area contributed by atoms with Gasteiger partial charge < -0.3 is 59.1 Å². The van der Waals surface area contributed by atoms with Crippen LogP contribution in [-0.2, 0) is 42.8 Å². The molecule has 21 heteroatoms. The quantitative estimate of drug-likeness (QED) is 0.0253. The molecule has 4 N–H and O–H groups in total. The first-order valence-corrected chi connectivity index (χ1v) is 24.9. The molecule has 0 spiro atoms. The molecule has 3 heterocycles. The number of nitrogens with zero attached hydrogens (tertiary/aromatic N) is 3. The number of aliphatic hydroxyl groups is 1. The molecule has 2 unspecified atom stereocenters. The second kappa shape index (κ2) is 26.8. The van der Waals surface area contributed by atoms with Crippen molar-refractivity contribution in [3.8, 4) is 16.2 Å². The number of nitro benzene ring substituents is 1. The normalized spacial score (nSPS) is 16.2. The number of β-amino-alcohol motifs (C(OH)–C–C–N with tert-alkyl or cyclic N) is 1. The number of carbonyl (C=O) groups is 3. The molecule has 1 aromatic heterocycles. The molecular formula is C49H64N6O13S2. The Hall–Kier alpha value is -5.23. The number of hydrogen-bond donors (Lipinski definition) is 4. The van der Waals surface area contributed by atoms with Crippen molar-refractivity contribution < 1.29 is 57.6 Å². The number of aliphatic hydroxyl groups excluding tert-OH is 1. The van der Waals surface area contributed by atoms with Crippen LogP contribution in [0.4, 0.5) is 17.1 Å². The summed E-state index contributed by atoms with van der Waals surface area (Å²) in [6, 6.07) is 16.1. The van der Waals surface area contributed by atoms with E-state index in [4.69, 9.17) is 33.2 Å². The first-order chi connectivity index (χ1) is 33.7. The number of carbonyl (C=O) groups excluding carboxylic acids is 3. The predicted octanol–water partition coefficient (Wildman–Crippen LogP) is 6.08. The standard InChI is InChI=1S/C49H64N6O13S2/c1-32(34-6-8-35(9-7-34)45-33(2)50-31-69-45)51-47(58)41-27-37(56)29-54(41)48(59)46(49(3,4)5)53-44(57)30-67-23-22-65-19-18-63-15-14-62-16-17-64-20-21-66-24-25-68-38-11-13-40-43(28-38)70-42-26-36(55(60)61)10-12-39(42)52-40/h6-13,26,28,31-32,37,41,46,52,56H,14-25,27,29-30H2,1-5H3,(H,51,58)(H,53,57)/t32?,37-,41+,46?/m1/s1. The van der Waals surface area contributed by atoms with E-state index in [0.717, 1.165) is 42.9 Å². The second-order valence-electron chi connectivity index (χ2n) is 17.7. The second-order valence-corrected chi connectivity index (χ2v) is 19.6. The van der Waals surface area contributed by atoms with Gasteiger partial charge in [-0.2, -0.15) is 0 Å². The molecule has 0 radical (unpaired) electrons. The van der Waals surface area contributed by atoms with Gasteiger partial charge in [0, 0.05) is 34.9 Å². The smallest absolute Gasteiger partial charge is 0.270 e. The minimum Gasteiger partial charge on any atom is -0.491 e. The zero-order valence-corrected chi connectivity index (χ0v) is 41.9. The average Bonchev–Trinajstić information content (AvgIpc) is 3.96. The lowest BCUT2D eigenvalue weighted by Crippen LogP contribution is -2.58. The van der Waals surface area contributed by atoms with Crippen molar-refractivity contribution in [2.24, 2.45) is 5.41 Å². The number of hydrogen-bond acceptors (Lipinski definition) is 17. The summed E-state index contributed by atoms with van der Waals surface area (Å²) in [5.74, 6) is -0.643. The van der Waals surface area contributed by atoms with Gasteiger partial charge >= 0.3 is 0 Å². The Morgan fingerprint density at radius 3 is 1.97 bits per heavy atom. The molecule has 70 heavy (non-hydrogen) atoms. The number of thiazole rings is 1. The van der Waals surface area contributed by atoms with Gasteiger partial charge in [0.1, 0.15) is 31.0 Å². The molecule has 1 saturated heterocycles. The van der Waals surface area contributed by atoms with E-state index < -0.39 is 40.3 Å². The number of aryl methyl sites for hydroxylation is 1. The first-order valence-electron chi connectivity index (χ1n) is 23.2. The molecule has 4 atom stereocenters. The maximum atomic E-state index is 14.0. The van der Waals surface area contributed by atoms with Crippen LogP contribution in [0.25, 0.3) is 10.4 Å². The number of nitrogens with one attached hydrogen (secondary N) is 3. The summed E-state index contributed by atoms with van der Waals surface area (Å²) >= 11 is 3.02. The molecule has 0 aliphatic carbocycles. The van der Waals surface area contributed by atoms with Crippen LogP contribution < -0.4 is 20.7 Å². The molecule has 3 aromatic carbocycles. The molecule has 19 nitrogen and oxygen atoms in total. The van der Waals surface area contributed by atoms with E-state index >= 15 is 0 Å². The Morgan fingerprint density at radius 1 is 0.829 bits per heavy atom. The Kier molecular flexibility index (Phi) is 20.7. The van der Waals surface area contributed by atoms with Crippen molar-refractivity contribution in [3.63, 3.8) is 0 Å². The largest absolute Gasteiger partial charge is 0.491 e. The predicted molar refractivity (Wildman–Crippen MR) is 264 cm³/mol. The topological polar surface area (TPSA) is 231 Å². The van der Waals surface area contributed by atoms with Crippen LogP contribution in [0.2, 0.25) is 0 Å². The maximum absolute atomic E-state index is 14.0. The van der Waals surface area contributed by atoms with E-state index in [1.165, 1.54) is 22.7 Å². The van der Waals surface area contributed by atoms with Crippen LogP contribution >= 0.6 is 23.1 Å².